The maximum absolute atomic E-state index is 12.6. The van der Waals surface area contributed by atoms with E-state index in [1.54, 1.807) is 4.90 Å². The first kappa shape index (κ1) is 15.7. The molecule has 21 heavy (non-hydrogen) atoms. The fourth-order valence-corrected chi connectivity index (χ4v) is 2.76. The van der Waals surface area contributed by atoms with Crippen molar-refractivity contribution in [2.24, 2.45) is 0 Å². The molecule has 1 N–H and O–H groups in total. The van der Waals surface area contributed by atoms with Crippen molar-refractivity contribution in [1.82, 2.24) is 0 Å². The van der Waals surface area contributed by atoms with E-state index < -0.39 is 5.60 Å². The van der Waals surface area contributed by atoms with E-state index in [9.17, 15) is 4.79 Å². The standard InChI is InChI=1S/C17H26N2O2/c1-11-8-12(2)14-13(9-11)18-17(6,7)10-19(14)15(20)21-16(3,4)5/h8-9,18H,10H2,1-7H3. The highest BCUT2D eigenvalue weighted by Gasteiger charge is 2.36. The predicted octanol–water partition coefficient (Wildman–Crippen LogP) is 4.25. The zero-order valence-electron chi connectivity index (χ0n) is 14.1. The molecule has 0 bridgehead atoms. The molecule has 0 aromatic heterocycles. The normalized spacial score (nSPS) is 17.0. The minimum Gasteiger partial charge on any atom is -0.443 e. The molecular formula is C17H26N2O2. The van der Waals surface area contributed by atoms with E-state index in [0.29, 0.717) is 6.54 Å². The highest BCUT2D eigenvalue weighted by atomic mass is 16.6. The van der Waals surface area contributed by atoms with Crippen LogP contribution in [0.1, 0.15) is 45.7 Å². The van der Waals surface area contributed by atoms with Gasteiger partial charge >= 0.3 is 6.09 Å². The molecule has 0 atom stereocenters. The Bertz CT molecular complexity index is 571. The number of hydrogen-bond acceptors (Lipinski definition) is 3. The van der Waals surface area contributed by atoms with E-state index in [0.717, 1.165) is 16.9 Å². The van der Waals surface area contributed by atoms with Crippen molar-refractivity contribution < 1.29 is 9.53 Å². The lowest BCUT2D eigenvalue weighted by atomic mass is 9.96. The van der Waals surface area contributed by atoms with Gasteiger partial charge in [0.2, 0.25) is 0 Å². The molecule has 1 aliphatic heterocycles. The van der Waals surface area contributed by atoms with Gasteiger partial charge in [0, 0.05) is 5.54 Å². The van der Waals surface area contributed by atoms with Crippen LogP contribution >= 0.6 is 0 Å². The summed E-state index contributed by atoms with van der Waals surface area (Å²) in [5.74, 6) is 0. The topological polar surface area (TPSA) is 41.6 Å². The number of aryl methyl sites for hydroxylation is 2. The van der Waals surface area contributed by atoms with Gasteiger partial charge in [0.1, 0.15) is 5.60 Å². The summed E-state index contributed by atoms with van der Waals surface area (Å²) in [5.41, 5.74) is 3.50. The average Bonchev–Trinajstić information content (AvgIpc) is 2.22. The minimum absolute atomic E-state index is 0.190. The van der Waals surface area contributed by atoms with Crippen LogP contribution in [-0.4, -0.2) is 23.8 Å². The van der Waals surface area contributed by atoms with Crippen molar-refractivity contribution in [3.63, 3.8) is 0 Å². The van der Waals surface area contributed by atoms with E-state index in [2.05, 4.69) is 38.2 Å². The van der Waals surface area contributed by atoms with E-state index in [1.807, 2.05) is 27.7 Å². The number of ether oxygens (including phenoxy) is 1. The molecule has 1 aliphatic rings. The fraction of sp³-hybridized carbons (Fsp3) is 0.588. The van der Waals surface area contributed by atoms with Crippen molar-refractivity contribution >= 4 is 17.5 Å². The van der Waals surface area contributed by atoms with E-state index in [4.69, 9.17) is 4.74 Å². The second kappa shape index (κ2) is 4.93. The smallest absolute Gasteiger partial charge is 0.414 e. The zero-order valence-corrected chi connectivity index (χ0v) is 14.1. The van der Waals surface area contributed by atoms with Crippen LogP contribution in [0.3, 0.4) is 0 Å². The van der Waals surface area contributed by atoms with Crippen LogP contribution in [0.15, 0.2) is 12.1 Å². The number of anilines is 2. The third kappa shape index (κ3) is 3.49. The maximum atomic E-state index is 12.6. The monoisotopic (exact) mass is 290 g/mol. The molecule has 2 rings (SSSR count). The SMILES string of the molecule is Cc1cc(C)c2c(c1)NC(C)(C)CN2C(=O)OC(C)(C)C. The molecule has 0 spiro atoms. The number of hydrogen-bond donors (Lipinski definition) is 1. The summed E-state index contributed by atoms with van der Waals surface area (Å²) in [6, 6.07) is 4.18. The second-order valence-electron chi connectivity index (χ2n) is 7.55. The first-order chi connectivity index (χ1) is 9.48. The number of carbonyl (C=O) groups excluding carboxylic acids is 1. The van der Waals surface area contributed by atoms with Crippen molar-refractivity contribution in [3.05, 3.63) is 23.3 Å². The van der Waals surface area contributed by atoms with E-state index >= 15 is 0 Å². The largest absolute Gasteiger partial charge is 0.443 e. The van der Waals surface area contributed by atoms with Crippen LogP contribution in [0.2, 0.25) is 0 Å². The number of nitrogens with one attached hydrogen (secondary N) is 1. The summed E-state index contributed by atoms with van der Waals surface area (Å²) in [5, 5.41) is 3.52. The van der Waals surface area contributed by atoms with Gasteiger partial charge in [-0.25, -0.2) is 4.79 Å². The Hall–Kier alpha value is -1.71. The maximum Gasteiger partial charge on any atom is 0.414 e. The van der Waals surface area contributed by atoms with Crippen molar-refractivity contribution in [2.75, 3.05) is 16.8 Å². The van der Waals surface area contributed by atoms with Gasteiger partial charge in [-0.3, -0.25) is 4.90 Å². The number of carbonyl (C=O) groups is 1. The van der Waals surface area contributed by atoms with Crippen LogP contribution in [0, 0.1) is 13.8 Å². The Labute approximate surface area is 127 Å². The first-order valence-electron chi connectivity index (χ1n) is 7.38. The van der Waals surface area contributed by atoms with E-state index in [-0.39, 0.29) is 11.6 Å². The third-order valence-corrected chi connectivity index (χ3v) is 3.36. The highest BCUT2D eigenvalue weighted by molar-refractivity contribution is 5.95. The molecule has 116 valence electrons. The second-order valence-corrected chi connectivity index (χ2v) is 7.55. The summed E-state index contributed by atoms with van der Waals surface area (Å²) < 4.78 is 5.57. The zero-order chi connectivity index (χ0) is 16.0. The highest BCUT2D eigenvalue weighted by Crippen LogP contribution is 2.38. The molecule has 1 amide bonds. The van der Waals surface area contributed by atoms with Gasteiger partial charge in [-0.1, -0.05) is 6.07 Å². The number of nitrogens with zero attached hydrogens (tertiary/aromatic N) is 1. The van der Waals surface area contributed by atoms with Crippen molar-refractivity contribution in [3.8, 4) is 0 Å². The minimum atomic E-state index is -0.495. The van der Waals surface area contributed by atoms with Crippen LogP contribution in [0.25, 0.3) is 0 Å². The third-order valence-electron chi connectivity index (χ3n) is 3.36. The Kier molecular flexibility index (Phi) is 3.68. The summed E-state index contributed by atoms with van der Waals surface area (Å²) in [6.45, 7) is 14.5. The average molecular weight is 290 g/mol. The molecule has 4 nitrogen and oxygen atoms in total. The lowest BCUT2D eigenvalue weighted by Gasteiger charge is -2.42. The molecule has 0 radical (unpaired) electrons. The molecule has 0 fully saturated rings. The molecule has 1 heterocycles. The fourth-order valence-electron chi connectivity index (χ4n) is 2.76. The van der Waals surface area contributed by atoms with Crippen LogP contribution in [-0.2, 0) is 4.74 Å². The number of benzene rings is 1. The quantitative estimate of drug-likeness (QED) is 0.776. The molecule has 1 aromatic carbocycles. The predicted molar refractivity (Wildman–Crippen MR) is 87.2 cm³/mol. The van der Waals surface area contributed by atoms with Gasteiger partial charge in [0.15, 0.2) is 0 Å². The van der Waals surface area contributed by atoms with Crippen molar-refractivity contribution in [1.29, 1.82) is 0 Å². The van der Waals surface area contributed by atoms with Gasteiger partial charge in [0.25, 0.3) is 0 Å². The van der Waals surface area contributed by atoms with Gasteiger partial charge < -0.3 is 10.1 Å². The lowest BCUT2D eigenvalue weighted by Crippen LogP contribution is -2.52. The Balaban J connectivity index is 2.46. The summed E-state index contributed by atoms with van der Waals surface area (Å²) in [4.78, 5) is 14.3. The van der Waals surface area contributed by atoms with Gasteiger partial charge in [-0.05, 0) is 65.7 Å². The molecule has 0 unspecified atom stereocenters. The Morgan fingerprint density at radius 3 is 2.48 bits per heavy atom. The van der Waals surface area contributed by atoms with Crippen LogP contribution in [0.5, 0.6) is 0 Å². The van der Waals surface area contributed by atoms with Crippen LogP contribution in [0.4, 0.5) is 16.2 Å². The molecule has 0 saturated heterocycles. The Morgan fingerprint density at radius 1 is 1.29 bits per heavy atom. The summed E-state index contributed by atoms with van der Waals surface area (Å²) in [6.07, 6.45) is -0.287. The molecular weight excluding hydrogens is 264 g/mol. The summed E-state index contributed by atoms with van der Waals surface area (Å²) >= 11 is 0. The molecule has 0 aliphatic carbocycles. The molecule has 1 aromatic rings. The number of rotatable bonds is 0. The first-order valence-corrected chi connectivity index (χ1v) is 7.38. The molecule has 0 saturated carbocycles. The van der Waals surface area contributed by atoms with E-state index in [1.165, 1.54) is 5.56 Å². The molecule has 4 heteroatoms. The Morgan fingerprint density at radius 2 is 1.90 bits per heavy atom. The van der Waals surface area contributed by atoms with Gasteiger partial charge in [-0.2, -0.15) is 0 Å². The lowest BCUT2D eigenvalue weighted by molar-refractivity contribution is 0.0573. The summed E-state index contributed by atoms with van der Waals surface area (Å²) in [7, 11) is 0. The van der Waals surface area contributed by atoms with Gasteiger partial charge in [-0.15, -0.1) is 0 Å². The number of fused-ring (bicyclic) bond motifs is 1. The van der Waals surface area contributed by atoms with Gasteiger partial charge in [0.05, 0.1) is 17.9 Å². The number of amides is 1. The van der Waals surface area contributed by atoms with Crippen molar-refractivity contribution in [2.45, 2.75) is 59.6 Å². The van der Waals surface area contributed by atoms with Crippen LogP contribution < -0.4 is 10.2 Å².